The lowest BCUT2D eigenvalue weighted by Gasteiger charge is -2.32. The van der Waals surface area contributed by atoms with Crippen molar-refractivity contribution in [2.75, 3.05) is 10.8 Å². The topological polar surface area (TPSA) is 86.8 Å². The molecular formula is C29H33BrFN3O4S. The standard InChI is InChI=1S/C29H33BrFN3O4S/c1-5-21(3)32-29(36)22(4)33(18-23-7-6-8-24(30)17-23)28(35)19-34(26-13-9-20(2)10-14-26)39(37,38)27-15-11-25(31)12-16-27/h6-17,21-22H,5,18-19H2,1-4H3,(H,32,36)/t21-,22+/m1/s1. The van der Waals surface area contributed by atoms with Crippen molar-refractivity contribution >= 4 is 43.5 Å². The summed E-state index contributed by atoms with van der Waals surface area (Å²) >= 11 is 3.43. The molecular weight excluding hydrogens is 585 g/mol. The van der Waals surface area contributed by atoms with E-state index in [0.29, 0.717) is 0 Å². The van der Waals surface area contributed by atoms with Crippen molar-refractivity contribution in [2.24, 2.45) is 0 Å². The number of anilines is 1. The third kappa shape index (κ3) is 7.89. The molecule has 0 fully saturated rings. The van der Waals surface area contributed by atoms with E-state index in [0.717, 1.165) is 50.6 Å². The van der Waals surface area contributed by atoms with Gasteiger partial charge in [0.25, 0.3) is 10.0 Å². The summed E-state index contributed by atoms with van der Waals surface area (Å²) in [5, 5.41) is 2.90. The van der Waals surface area contributed by atoms with Crippen LogP contribution in [0, 0.1) is 12.7 Å². The lowest BCUT2D eigenvalue weighted by atomic mass is 10.1. The highest BCUT2D eigenvalue weighted by Crippen LogP contribution is 2.25. The average Bonchev–Trinajstić information content (AvgIpc) is 2.90. The molecule has 0 saturated carbocycles. The summed E-state index contributed by atoms with van der Waals surface area (Å²) in [6.45, 7) is 6.84. The van der Waals surface area contributed by atoms with Crippen LogP contribution >= 0.6 is 15.9 Å². The van der Waals surface area contributed by atoms with Gasteiger partial charge in [0.15, 0.2) is 0 Å². The predicted octanol–water partition coefficient (Wildman–Crippen LogP) is 5.42. The third-order valence-electron chi connectivity index (χ3n) is 6.41. The highest BCUT2D eigenvalue weighted by atomic mass is 79.9. The molecule has 0 heterocycles. The fourth-order valence-electron chi connectivity index (χ4n) is 3.85. The summed E-state index contributed by atoms with van der Waals surface area (Å²) in [5.41, 5.74) is 1.96. The van der Waals surface area contributed by atoms with Gasteiger partial charge in [-0.1, -0.05) is 52.7 Å². The summed E-state index contributed by atoms with van der Waals surface area (Å²) in [6.07, 6.45) is 0.717. The van der Waals surface area contributed by atoms with Crippen LogP contribution in [0.1, 0.15) is 38.3 Å². The van der Waals surface area contributed by atoms with Crippen molar-refractivity contribution in [1.29, 1.82) is 0 Å². The molecule has 1 N–H and O–H groups in total. The quantitative estimate of drug-likeness (QED) is 0.311. The smallest absolute Gasteiger partial charge is 0.264 e. The number of benzene rings is 3. The number of hydrogen-bond acceptors (Lipinski definition) is 4. The monoisotopic (exact) mass is 617 g/mol. The van der Waals surface area contributed by atoms with Crippen LogP contribution in [0.4, 0.5) is 10.1 Å². The van der Waals surface area contributed by atoms with Crippen molar-refractivity contribution in [3.63, 3.8) is 0 Å². The number of aryl methyl sites for hydroxylation is 1. The molecule has 0 aliphatic rings. The van der Waals surface area contributed by atoms with E-state index in [9.17, 15) is 22.4 Å². The third-order valence-corrected chi connectivity index (χ3v) is 8.69. The van der Waals surface area contributed by atoms with Crippen molar-refractivity contribution in [1.82, 2.24) is 10.2 Å². The molecule has 2 atom stereocenters. The van der Waals surface area contributed by atoms with Crippen LogP contribution in [0.15, 0.2) is 82.2 Å². The minimum atomic E-state index is -4.25. The summed E-state index contributed by atoms with van der Waals surface area (Å²) in [7, 11) is -4.25. The van der Waals surface area contributed by atoms with Gasteiger partial charge in [0, 0.05) is 17.1 Å². The van der Waals surface area contributed by atoms with E-state index in [-0.39, 0.29) is 29.1 Å². The zero-order valence-corrected chi connectivity index (χ0v) is 24.8. The van der Waals surface area contributed by atoms with E-state index in [4.69, 9.17) is 0 Å². The van der Waals surface area contributed by atoms with E-state index < -0.39 is 34.3 Å². The number of rotatable bonds is 11. The number of sulfonamides is 1. The van der Waals surface area contributed by atoms with E-state index in [1.165, 1.54) is 4.90 Å². The van der Waals surface area contributed by atoms with Crippen molar-refractivity contribution in [3.05, 3.63) is 94.2 Å². The van der Waals surface area contributed by atoms with Gasteiger partial charge >= 0.3 is 0 Å². The van der Waals surface area contributed by atoms with Crippen molar-refractivity contribution < 1.29 is 22.4 Å². The number of carbonyl (C=O) groups excluding carboxylic acids is 2. The summed E-state index contributed by atoms with van der Waals surface area (Å²) in [5.74, 6) is -1.47. The molecule has 10 heteroatoms. The predicted molar refractivity (Wildman–Crippen MR) is 154 cm³/mol. The average molecular weight is 619 g/mol. The lowest BCUT2D eigenvalue weighted by molar-refractivity contribution is -0.139. The molecule has 0 bridgehead atoms. The Kier molecular flexibility index (Phi) is 10.3. The van der Waals surface area contributed by atoms with Crippen LogP contribution in [-0.4, -0.2) is 43.8 Å². The van der Waals surface area contributed by atoms with E-state index in [1.807, 2.05) is 45.0 Å². The number of nitrogens with one attached hydrogen (secondary N) is 1. The second kappa shape index (κ2) is 13.2. The van der Waals surface area contributed by atoms with Gasteiger partial charge < -0.3 is 10.2 Å². The van der Waals surface area contributed by atoms with Crippen LogP contribution < -0.4 is 9.62 Å². The highest BCUT2D eigenvalue weighted by Gasteiger charge is 2.32. The molecule has 0 radical (unpaired) electrons. The van der Waals surface area contributed by atoms with Gasteiger partial charge in [-0.15, -0.1) is 0 Å². The van der Waals surface area contributed by atoms with Gasteiger partial charge in [-0.05, 0) is 81.3 Å². The summed E-state index contributed by atoms with van der Waals surface area (Å²) < 4.78 is 42.8. The second-order valence-electron chi connectivity index (χ2n) is 9.45. The first-order valence-electron chi connectivity index (χ1n) is 12.6. The molecule has 3 aromatic rings. The van der Waals surface area contributed by atoms with E-state index in [2.05, 4.69) is 21.2 Å². The number of hydrogen-bond donors (Lipinski definition) is 1. The Hall–Kier alpha value is -3.24. The number of nitrogens with zero attached hydrogens (tertiary/aromatic N) is 2. The Labute approximate surface area is 238 Å². The van der Waals surface area contributed by atoms with E-state index in [1.54, 1.807) is 31.2 Å². The Morgan fingerprint density at radius 1 is 1.00 bits per heavy atom. The second-order valence-corrected chi connectivity index (χ2v) is 12.2. The van der Waals surface area contributed by atoms with Gasteiger partial charge in [-0.3, -0.25) is 13.9 Å². The molecule has 0 aromatic heterocycles. The molecule has 0 aliphatic heterocycles. The minimum absolute atomic E-state index is 0.0890. The van der Waals surface area contributed by atoms with Gasteiger partial charge in [0.2, 0.25) is 11.8 Å². The van der Waals surface area contributed by atoms with Crippen LogP contribution in [0.3, 0.4) is 0 Å². The Bertz CT molecular complexity index is 1400. The van der Waals surface area contributed by atoms with Crippen molar-refractivity contribution in [2.45, 2.75) is 57.6 Å². The van der Waals surface area contributed by atoms with Crippen LogP contribution in [0.2, 0.25) is 0 Å². The van der Waals surface area contributed by atoms with Crippen LogP contribution in [0.5, 0.6) is 0 Å². The molecule has 2 amide bonds. The Morgan fingerprint density at radius 2 is 1.64 bits per heavy atom. The maximum Gasteiger partial charge on any atom is 0.264 e. The molecule has 7 nitrogen and oxygen atoms in total. The highest BCUT2D eigenvalue weighted by molar-refractivity contribution is 9.10. The normalized spacial score (nSPS) is 12.9. The number of halogens is 2. The summed E-state index contributed by atoms with van der Waals surface area (Å²) in [6, 6.07) is 17.5. The maximum absolute atomic E-state index is 13.9. The fourth-order valence-corrected chi connectivity index (χ4v) is 5.71. The molecule has 208 valence electrons. The molecule has 3 rings (SSSR count). The molecule has 0 spiro atoms. The molecule has 3 aromatic carbocycles. The SMILES string of the molecule is CC[C@@H](C)NC(=O)[C@H](C)N(Cc1cccc(Br)c1)C(=O)CN(c1ccc(C)cc1)S(=O)(=O)c1ccc(F)cc1. The van der Waals surface area contributed by atoms with Crippen molar-refractivity contribution in [3.8, 4) is 0 Å². The van der Waals surface area contributed by atoms with Crippen LogP contribution in [0.25, 0.3) is 0 Å². The fraction of sp³-hybridized carbons (Fsp3) is 0.310. The number of amides is 2. The Morgan fingerprint density at radius 3 is 2.23 bits per heavy atom. The van der Waals surface area contributed by atoms with Gasteiger partial charge in [-0.2, -0.15) is 0 Å². The number of carbonyl (C=O) groups is 2. The molecule has 0 aliphatic carbocycles. The molecule has 39 heavy (non-hydrogen) atoms. The molecule has 0 unspecified atom stereocenters. The van der Waals surface area contributed by atoms with Gasteiger partial charge in [0.05, 0.1) is 10.6 Å². The summed E-state index contributed by atoms with van der Waals surface area (Å²) in [4.78, 5) is 28.2. The minimum Gasteiger partial charge on any atom is -0.352 e. The van der Waals surface area contributed by atoms with Gasteiger partial charge in [-0.25, -0.2) is 12.8 Å². The van der Waals surface area contributed by atoms with Crippen LogP contribution in [-0.2, 0) is 26.2 Å². The molecule has 0 saturated heterocycles. The maximum atomic E-state index is 13.9. The van der Waals surface area contributed by atoms with E-state index >= 15 is 0 Å². The first kappa shape index (κ1) is 30.3. The largest absolute Gasteiger partial charge is 0.352 e. The zero-order valence-electron chi connectivity index (χ0n) is 22.4. The van der Waals surface area contributed by atoms with Gasteiger partial charge in [0.1, 0.15) is 18.4 Å². The Balaban J connectivity index is 2.02. The lowest BCUT2D eigenvalue weighted by Crippen LogP contribution is -2.52. The first-order chi connectivity index (χ1) is 18.4. The zero-order chi connectivity index (χ0) is 28.7. The first-order valence-corrected chi connectivity index (χ1v) is 14.8.